The quantitative estimate of drug-likeness (QED) is 0.452. The number of halogens is 3. The van der Waals surface area contributed by atoms with Crippen molar-refractivity contribution in [3.8, 4) is 6.07 Å². The summed E-state index contributed by atoms with van der Waals surface area (Å²) in [5.41, 5.74) is -0.367. The van der Waals surface area contributed by atoms with Gasteiger partial charge in [0.2, 0.25) is 5.91 Å². The molecule has 1 aliphatic heterocycles. The number of amides is 2. The molecule has 7 nitrogen and oxygen atoms in total. The number of pyridine rings is 1. The van der Waals surface area contributed by atoms with E-state index in [1.165, 1.54) is 24.3 Å². The summed E-state index contributed by atoms with van der Waals surface area (Å²) in [6, 6.07) is 7.69. The van der Waals surface area contributed by atoms with E-state index in [9.17, 15) is 22.8 Å². The lowest BCUT2D eigenvalue weighted by atomic mass is 9.87. The number of aryl methyl sites for hydroxylation is 1. The topological polar surface area (TPSA) is 91.0 Å². The van der Waals surface area contributed by atoms with Gasteiger partial charge in [0.1, 0.15) is 5.65 Å². The number of fused-ring (bicyclic) bond motifs is 1. The monoisotopic (exact) mass is 537 g/mol. The molecule has 1 saturated heterocycles. The number of nitriles is 1. The van der Waals surface area contributed by atoms with Crippen LogP contribution in [0.3, 0.4) is 0 Å². The molecule has 1 unspecified atom stereocenters. The fourth-order valence-corrected chi connectivity index (χ4v) is 6.16. The van der Waals surface area contributed by atoms with Gasteiger partial charge in [-0.15, -0.1) is 0 Å². The van der Waals surface area contributed by atoms with Gasteiger partial charge in [-0.05, 0) is 61.3 Å². The van der Waals surface area contributed by atoms with Crippen LogP contribution in [0.25, 0.3) is 11.0 Å². The molecule has 2 amide bonds. The minimum Gasteiger partial charge on any atom is -0.342 e. The van der Waals surface area contributed by atoms with Crippen LogP contribution in [-0.4, -0.2) is 39.4 Å². The highest BCUT2D eigenvalue weighted by Crippen LogP contribution is 2.44. The summed E-state index contributed by atoms with van der Waals surface area (Å²) in [4.78, 5) is 32.1. The van der Waals surface area contributed by atoms with Gasteiger partial charge in [0.25, 0.3) is 5.91 Å². The Morgan fingerprint density at radius 3 is 2.54 bits per heavy atom. The molecule has 1 aromatic carbocycles. The van der Waals surface area contributed by atoms with Gasteiger partial charge in [-0.1, -0.05) is 19.4 Å². The fourth-order valence-electron chi connectivity index (χ4n) is 6.16. The molecule has 0 radical (unpaired) electrons. The van der Waals surface area contributed by atoms with Gasteiger partial charge in [-0.3, -0.25) is 9.59 Å². The molecule has 3 aromatic rings. The lowest BCUT2D eigenvalue weighted by Crippen LogP contribution is -2.42. The minimum absolute atomic E-state index is 0.0252. The third-order valence-electron chi connectivity index (χ3n) is 8.23. The maximum atomic E-state index is 14.6. The number of nitrogens with one attached hydrogen (secondary N) is 1. The summed E-state index contributed by atoms with van der Waals surface area (Å²) in [5.74, 6) is -0.367. The lowest BCUT2D eigenvalue weighted by molar-refractivity contribution is -0.137. The molecule has 1 N–H and O–H groups in total. The number of likely N-dealkylation sites (tertiary alicyclic amines) is 1. The number of hydrogen-bond donors (Lipinski definition) is 1. The van der Waals surface area contributed by atoms with Gasteiger partial charge in [-0.25, -0.2) is 4.98 Å². The first-order chi connectivity index (χ1) is 18.6. The van der Waals surface area contributed by atoms with E-state index in [0.717, 1.165) is 25.5 Å². The van der Waals surface area contributed by atoms with Crippen LogP contribution < -0.4 is 5.32 Å². The molecule has 39 heavy (non-hydrogen) atoms. The van der Waals surface area contributed by atoms with Crippen LogP contribution in [0.15, 0.2) is 36.7 Å². The predicted molar refractivity (Wildman–Crippen MR) is 140 cm³/mol. The number of carbonyl (C=O) groups is 2. The largest absolute Gasteiger partial charge is 0.419 e. The van der Waals surface area contributed by atoms with E-state index in [-0.39, 0.29) is 39.9 Å². The molecular weight excluding hydrogens is 507 g/mol. The molecule has 0 spiro atoms. The van der Waals surface area contributed by atoms with Crippen LogP contribution in [-0.2, 0) is 18.0 Å². The Labute approximate surface area is 224 Å². The van der Waals surface area contributed by atoms with Crippen LogP contribution in [0.2, 0.25) is 0 Å². The molecule has 10 heteroatoms. The third-order valence-corrected chi connectivity index (χ3v) is 8.23. The smallest absolute Gasteiger partial charge is 0.342 e. The Balaban J connectivity index is 1.46. The van der Waals surface area contributed by atoms with Gasteiger partial charge in [0.05, 0.1) is 29.1 Å². The van der Waals surface area contributed by atoms with Crippen molar-refractivity contribution in [3.05, 3.63) is 58.9 Å². The van der Waals surface area contributed by atoms with Gasteiger partial charge in [0.15, 0.2) is 0 Å². The zero-order chi connectivity index (χ0) is 27.9. The molecule has 2 aliphatic rings. The van der Waals surface area contributed by atoms with Gasteiger partial charge < -0.3 is 14.8 Å². The molecule has 2 fully saturated rings. The van der Waals surface area contributed by atoms with Crippen LogP contribution in [0.1, 0.15) is 72.0 Å². The number of aromatic nitrogens is 2. The van der Waals surface area contributed by atoms with Gasteiger partial charge in [-0.2, -0.15) is 18.4 Å². The van der Waals surface area contributed by atoms with Crippen molar-refractivity contribution in [1.29, 1.82) is 5.26 Å². The number of anilines is 1. The number of hydrogen-bond acceptors (Lipinski definition) is 4. The summed E-state index contributed by atoms with van der Waals surface area (Å²) in [6.45, 7) is 3.12. The SMILES string of the molecule is C[C@@H]1CCCC1C(=O)N1CCC(c2cn(C)c3ncc(NC(=O)c4cccc(C#N)c4)c(C(F)(F)F)c23)CC1. The molecule has 1 saturated carbocycles. The number of benzene rings is 1. The average molecular weight is 538 g/mol. The molecule has 2 aromatic heterocycles. The average Bonchev–Trinajstić information content (AvgIpc) is 3.50. The van der Waals surface area contributed by atoms with Crippen molar-refractivity contribution in [1.82, 2.24) is 14.5 Å². The van der Waals surface area contributed by atoms with E-state index in [4.69, 9.17) is 5.26 Å². The molecule has 1 aliphatic carbocycles. The maximum Gasteiger partial charge on any atom is 0.419 e. The number of rotatable bonds is 4. The van der Waals surface area contributed by atoms with E-state index >= 15 is 0 Å². The Bertz CT molecular complexity index is 1460. The van der Waals surface area contributed by atoms with E-state index in [2.05, 4.69) is 17.2 Å². The first-order valence-corrected chi connectivity index (χ1v) is 13.2. The van der Waals surface area contributed by atoms with E-state index < -0.39 is 23.3 Å². The predicted octanol–water partition coefficient (Wildman–Crippen LogP) is 5.86. The highest BCUT2D eigenvalue weighted by molar-refractivity contribution is 6.06. The first-order valence-electron chi connectivity index (χ1n) is 13.2. The molecule has 5 rings (SSSR count). The second-order valence-electron chi connectivity index (χ2n) is 10.7. The van der Waals surface area contributed by atoms with Crippen LogP contribution >= 0.6 is 0 Å². The number of carbonyl (C=O) groups excluding carboxylic acids is 2. The third kappa shape index (κ3) is 5.10. The highest BCUT2D eigenvalue weighted by atomic mass is 19.4. The Morgan fingerprint density at radius 1 is 1.15 bits per heavy atom. The second-order valence-corrected chi connectivity index (χ2v) is 10.7. The highest BCUT2D eigenvalue weighted by Gasteiger charge is 2.40. The Kier molecular flexibility index (Phi) is 7.10. The number of nitrogens with zero attached hydrogens (tertiary/aromatic N) is 4. The van der Waals surface area contributed by atoms with Crippen molar-refractivity contribution in [2.45, 2.75) is 51.1 Å². The minimum atomic E-state index is -4.76. The Morgan fingerprint density at radius 2 is 1.90 bits per heavy atom. The second kappa shape index (κ2) is 10.4. The van der Waals surface area contributed by atoms with Gasteiger partial charge >= 0.3 is 6.18 Å². The molecule has 204 valence electrons. The van der Waals surface area contributed by atoms with Crippen LogP contribution in [0, 0.1) is 23.2 Å². The summed E-state index contributed by atoms with van der Waals surface area (Å²) in [5, 5.41) is 11.5. The van der Waals surface area contributed by atoms with Crippen molar-refractivity contribution in [2.24, 2.45) is 18.9 Å². The van der Waals surface area contributed by atoms with Crippen molar-refractivity contribution < 1.29 is 22.8 Å². The fraction of sp³-hybridized carbons (Fsp3) is 0.448. The van der Waals surface area contributed by atoms with Crippen molar-refractivity contribution >= 4 is 28.5 Å². The zero-order valence-corrected chi connectivity index (χ0v) is 21.9. The maximum absolute atomic E-state index is 14.6. The van der Waals surface area contributed by atoms with E-state index in [1.807, 2.05) is 11.0 Å². The summed E-state index contributed by atoms with van der Waals surface area (Å²) >= 11 is 0. The van der Waals surface area contributed by atoms with E-state index in [1.54, 1.807) is 17.8 Å². The van der Waals surface area contributed by atoms with Crippen molar-refractivity contribution in [2.75, 3.05) is 18.4 Å². The summed E-state index contributed by atoms with van der Waals surface area (Å²) in [7, 11) is 1.66. The van der Waals surface area contributed by atoms with E-state index in [0.29, 0.717) is 37.4 Å². The molecular formula is C29H30F3N5O2. The number of alkyl halides is 3. The summed E-state index contributed by atoms with van der Waals surface area (Å²) in [6.07, 6.45) is 2.09. The first kappa shape index (κ1) is 26.7. The molecule has 2 atom stereocenters. The molecule has 3 heterocycles. The standard InChI is InChI=1S/C29H30F3N5O2/c1-17-5-3-8-21(17)28(39)37-11-9-19(10-12-37)22-16-36(2)26-24(22)25(29(30,31)32)23(15-34-26)35-27(38)20-7-4-6-18(13-20)14-33/h4,6-7,13,15-17,19,21H,3,5,8-12H2,1-2H3,(H,35,38)/t17-,21?/m1/s1. The summed E-state index contributed by atoms with van der Waals surface area (Å²) < 4.78 is 45.4. The molecule has 0 bridgehead atoms. The Hall–Kier alpha value is -3.87. The zero-order valence-electron chi connectivity index (χ0n) is 21.9. The van der Waals surface area contributed by atoms with Gasteiger partial charge in [0, 0.05) is 43.2 Å². The van der Waals surface area contributed by atoms with Crippen LogP contribution in [0.5, 0.6) is 0 Å². The number of piperidine rings is 1. The van der Waals surface area contributed by atoms with Crippen LogP contribution in [0.4, 0.5) is 18.9 Å². The normalized spacial score (nSPS) is 20.3. The lowest BCUT2D eigenvalue weighted by Gasteiger charge is -2.34. The van der Waals surface area contributed by atoms with Crippen molar-refractivity contribution in [3.63, 3.8) is 0 Å².